The molecule has 0 amide bonds. The quantitative estimate of drug-likeness (QED) is 0.850. The monoisotopic (exact) mass is 253 g/mol. The molecule has 1 atom stereocenters. The molecule has 19 heavy (non-hydrogen) atoms. The van der Waals surface area contributed by atoms with Crippen LogP contribution in [0.2, 0.25) is 0 Å². The Morgan fingerprint density at radius 2 is 2.00 bits per heavy atom. The molecular formula is C14H15N5. The van der Waals surface area contributed by atoms with E-state index in [1.807, 2.05) is 36.3 Å². The largest absolute Gasteiger partial charge is 0.361 e. The Hall–Kier alpha value is -2.40. The number of nitrogens with one attached hydrogen (secondary N) is 1. The van der Waals surface area contributed by atoms with Crippen LogP contribution in [-0.2, 0) is 0 Å². The summed E-state index contributed by atoms with van der Waals surface area (Å²) in [6.45, 7) is 0. The first kappa shape index (κ1) is 11.7. The van der Waals surface area contributed by atoms with E-state index in [0.717, 1.165) is 22.4 Å². The molecular weight excluding hydrogens is 238 g/mol. The average molecular weight is 253 g/mol. The number of allylic oxidation sites excluding steroid dienone is 2. The fourth-order valence-electron chi connectivity index (χ4n) is 2.23. The molecule has 0 bridgehead atoms. The van der Waals surface area contributed by atoms with Gasteiger partial charge in [-0.3, -0.25) is 10.1 Å². The van der Waals surface area contributed by atoms with E-state index in [-0.39, 0.29) is 6.17 Å². The number of hydrogen-bond donors (Lipinski definition) is 2. The summed E-state index contributed by atoms with van der Waals surface area (Å²) in [6, 6.07) is 5.89. The third-order valence-corrected chi connectivity index (χ3v) is 3.28. The second-order valence-electron chi connectivity index (χ2n) is 4.46. The maximum Gasteiger partial charge on any atom is 0.105 e. The van der Waals surface area contributed by atoms with Gasteiger partial charge in [0.15, 0.2) is 0 Å². The van der Waals surface area contributed by atoms with E-state index < -0.39 is 0 Å². The van der Waals surface area contributed by atoms with Crippen molar-refractivity contribution in [2.45, 2.75) is 6.17 Å². The normalized spacial score (nSPS) is 19.1. The van der Waals surface area contributed by atoms with E-state index in [4.69, 9.17) is 5.73 Å². The lowest BCUT2D eigenvalue weighted by molar-refractivity contribution is 0.399. The molecule has 3 N–H and O–H groups in total. The lowest BCUT2D eigenvalue weighted by atomic mass is 9.94. The molecule has 3 rings (SSSR count). The predicted molar refractivity (Wildman–Crippen MR) is 74.5 cm³/mol. The smallest absolute Gasteiger partial charge is 0.105 e. The van der Waals surface area contributed by atoms with Crippen molar-refractivity contribution in [2.75, 3.05) is 7.05 Å². The summed E-state index contributed by atoms with van der Waals surface area (Å²) in [7, 11) is 1.96. The molecule has 2 aromatic rings. The molecule has 1 aliphatic heterocycles. The van der Waals surface area contributed by atoms with Gasteiger partial charge in [0.25, 0.3) is 0 Å². The van der Waals surface area contributed by atoms with Gasteiger partial charge in [-0.1, -0.05) is 0 Å². The van der Waals surface area contributed by atoms with E-state index in [1.165, 1.54) is 0 Å². The van der Waals surface area contributed by atoms with E-state index >= 15 is 0 Å². The molecule has 0 saturated heterocycles. The van der Waals surface area contributed by atoms with Crippen molar-refractivity contribution in [1.29, 1.82) is 0 Å². The van der Waals surface area contributed by atoms with Gasteiger partial charge in [-0.15, -0.1) is 0 Å². The van der Waals surface area contributed by atoms with E-state index in [0.29, 0.717) is 0 Å². The van der Waals surface area contributed by atoms with E-state index in [1.54, 1.807) is 18.6 Å². The van der Waals surface area contributed by atoms with Crippen LogP contribution in [0.1, 0.15) is 11.3 Å². The number of likely N-dealkylation sites (N-methyl/N-ethyl adjacent to an activating group) is 1. The van der Waals surface area contributed by atoms with Crippen molar-refractivity contribution in [3.8, 4) is 0 Å². The van der Waals surface area contributed by atoms with Crippen LogP contribution in [0.3, 0.4) is 0 Å². The molecule has 2 aromatic heterocycles. The van der Waals surface area contributed by atoms with Crippen LogP contribution in [0.5, 0.6) is 0 Å². The summed E-state index contributed by atoms with van der Waals surface area (Å²) in [4.78, 5) is 6.03. The van der Waals surface area contributed by atoms with Crippen LogP contribution < -0.4 is 5.73 Å². The molecule has 0 spiro atoms. The van der Waals surface area contributed by atoms with Gasteiger partial charge in [0.05, 0.1) is 5.69 Å². The molecule has 0 aliphatic carbocycles. The zero-order valence-electron chi connectivity index (χ0n) is 10.6. The van der Waals surface area contributed by atoms with Crippen molar-refractivity contribution in [3.63, 3.8) is 0 Å². The minimum atomic E-state index is -0.200. The molecule has 1 unspecified atom stereocenters. The van der Waals surface area contributed by atoms with Gasteiger partial charge in [0.2, 0.25) is 0 Å². The topological polar surface area (TPSA) is 70.8 Å². The number of pyridine rings is 1. The second kappa shape index (κ2) is 4.70. The predicted octanol–water partition coefficient (Wildman–Crippen LogP) is 1.46. The maximum absolute atomic E-state index is 6.29. The zero-order valence-corrected chi connectivity index (χ0v) is 10.6. The van der Waals surface area contributed by atoms with Crippen molar-refractivity contribution in [2.24, 2.45) is 5.73 Å². The van der Waals surface area contributed by atoms with Crippen LogP contribution in [-0.4, -0.2) is 33.3 Å². The Labute approximate surface area is 111 Å². The Balaban J connectivity index is 2.19. The zero-order chi connectivity index (χ0) is 13.2. The number of nitrogens with two attached hydrogens (primary N) is 1. The van der Waals surface area contributed by atoms with Gasteiger partial charge in [-0.25, -0.2) is 0 Å². The summed E-state index contributed by atoms with van der Waals surface area (Å²) in [5, 5.41) is 7.01. The first-order valence-corrected chi connectivity index (χ1v) is 6.07. The third kappa shape index (κ3) is 2.04. The molecule has 5 nitrogen and oxygen atoms in total. The Bertz CT molecular complexity index is 613. The standard InChI is InChI=1S/C14H15N5/c1-19-9-5-11(10-2-6-16-7-3-10)13(14(19)15)12-4-8-17-18-12/h2-9,14H,15H2,1H3,(H,17,18). The Kier molecular flexibility index (Phi) is 2.89. The molecule has 5 heteroatoms. The first-order valence-electron chi connectivity index (χ1n) is 6.07. The van der Waals surface area contributed by atoms with Crippen molar-refractivity contribution in [3.05, 3.63) is 60.3 Å². The van der Waals surface area contributed by atoms with Crippen LogP contribution >= 0.6 is 0 Å². The van der Waals surface area contributed by atoms with Gasteiger partial charge in [0, 0.05) is 37.4 Å². The first-order chi connectivity index (χ1) is 9.27. The van der Waals surface area contributed by atoms with Crippen molar-refractivity contribution in [1.82, 2.24) is 20.1 Å². The highest BCUT2D eigenvalue weighted by Gasteiger charge is 2.23. The number of aromatic amines is 1. The fourth-order valence-corrected chi connectivity index (χ4v) is 2.23. The minimum Gasteiger partial charge on any atom is -0.361 e. The summed E-state index contributed by atoms with van der Waals surface area (Å²) < 4.78 is 0. The summed E-state index contributed by atoms with van der Waals surface area (Å²) in [6.07, 6.45) is 9.15. The number of hydrogen-bond acceptors (Lipinski definition) is 4. The van der Waals surface area contributed by atoms with Gasteiger partial charge < -0.3 is 10.6 Å². The Morgan fingerprint density at radius 1 is 1.21 bits per heavy atom. The minimum absolute atomic E-state index is 0.200. The maximum atomic E-state index is 6.29. The molecule has 0 saturated carbocycles. The highest BCUT2D eigenvalue weighted by Crippen LogP contribution is 2.32. The number of H-pyrrole nitrogens is 1. The SMILES string of the molecule is CN1C=CC(c2ccncc2)=C(c2ccn[nH]2)C1N. The van der Waals surface area contributed by atoms with Crippen molar-refractivity contribution < 1.29 is 0 Å². The van der Waals surface area contributed by atoms with Crippen LogP contribution in [0.25, 0.3) is 11.1 Å². The molecule has 96 valence electrons. The van der Waals surface area contributed by atoms with Crippen LogP contribution in [0.4, 0.5) is 0 Å². The van der Waals surface area contributed by atoms with Gasteiger partial charge >= 0.3 is 0 Å². The van der Waals surface area contributed by atoms with Crippen LogP contribution in [0, 0.1) is 0 Å². The highest BCUT2D eigenvalue weighted by atomic mass is 15.2. The number of nitrogens with zero attached hydrogens (tertiary/aromatic N) is 3. The van der Waals surface area contributed by atoms with Gasteiger partial charge in [-0.2, -0.15) is 5.10 Å². The fraction of sp³-hybridized carbons (Fsp3) is 0.143. The highest BCUT2D eigenvalue weighted by molar-refractivity contribution is 5.97. The summed E-state index contributed by atoms with van der Waals surface area (Å²) in [5.74, 6) is 0. The average Bonchev–Trinajstić information content (AvgIpc) is 2.96. The Morgan fingerprint density at radius 3 is 2.68 bits per heavy atom. The third-order valence-electron chi connectivity index (χ3n) is 3.28. The summed E-state index contributed by atoms with van der Waals surface area (Å²) >= 11 is 0. The van der Waals surface area contributed by atoms with E-state index in [9.17, 15) is 0 Å². The summed E-state index contributed by atoms with van der Waals surface area (Å²) in [5.41, 5.74) is 10.5. The van der Waals surface area contributed by atoms with E-state index in [2.05, 4.69) is 21.3 Å². The lowest BCUT2D eigenvalue weighted by Gasteiger charge is -2.30. The number of rotatable bonds is 2. The molecule has 0 radical (unpaired) electrons. The molecule has 0 fully saturated rings. The molecule has 3 heterocycles. The van der Waals surface area contributed by atoms with Crippen molar-refractivity contribution >= 4 is 11.1 Å². The lowest BCUT2D eigenvalue weighted by Crippen LogP contribution is -2.38. The molecule has 1 aliphatic rings. The second-order valence-corrected chi connectivity index (χ2v) is 4.46. The molecule has 0 aromatic carbocycles. The van der Waals surface area contributed by atoms with Gasteiger partial charge in [0.1, 0.15) is 6.17 Å². The van der Waals surface area contributed by atoms with Crippen LogP contribution in [0.15, 0.2) is 49.1 Å². The van der Waals surface area contributed by atoms with Gasteiger partial charge in [-0.05, 0) is 35.4 Å². The number of aromatic nitrogens is 3.